The zero-order chi connectivity index (χ0) is 8.81. The van der Waals surface area contributed by atoms with Gasteiger partial charge >= 0.3 is 5.97 Å². The monoisotopic (exact) mass is 168 g/mol. The molecule has 1 rings (SSSR count). The fourth-order valence-electron chi connectivity index (χ4n) is 0.954. The third kappa shape index (κ3) is 4.16. The fourth-order valence-corrected chi connectivity index (χ4v) is 0.954. The van der Waals surface area contributed by atoms with E-state index >= 15 is 0 Å². The van der Waals surface area contributed by atoms with Gasteiger partial charge in [-0.3, -0.25) is 4.79 Å². The van der Waals surface area contributed by atoms with Gasteiger partial charge in [0.1, 0.15) is 6.61 Å². The van der Waals surface area contributed by atoms with Crippen LogP contribution in [0.1, 0.15) is 32.6 Å². The molecule has 0 unspecified atom stereocenters. The molecule has 0 saturated heterocycles. The van der Waals surface area contributed by atoms with Crippen LogP contribution in [-0.4, -0.2) is 12.6 Å². The van der Waals surface area contributed by atoms with Crippen molar-refractivity contribution in [2.75, 3.05) is 6.61 Å². The van der Waals surface area contributed by atoms with Crippen LogP contribution in [0.5, 0.6) is 0 Å². The van der Waals surface area contributed by atoms with Crippen LogP contribution >= 0.6 is 0 Å². The van der Waals surface area contributed by atoms with Crippen LogP contribution in [0.15, 0.2) is 12.2 Å². The molecule has 12 heavy (non-hydrogen) atoms. The molecule has 0 atom stereocenters. The van der Waals surface area contributed by atoms with E-state index in [2.05, 4.69) is 6.08 Å². The van der Waals surface area contributed by atoms with Crippen molar-refractivity contribution in [3.63, 3.8) is 0 Å². The molecular formula is C10H16O2. The predicted octanol–water partition coefficient (Wildman–Crippen LogP) is 2.30. The molecule has 0 aromatic rings. The number of allylic oxidation sites excluding steroid dienone is 1. The van der Waals surface area contributed by atoms with Crippen molar-refractivity contribution in [1.29, 1.82) is 0 Å². The number of hydrogen-bond donors (Lipinski definition) is 0. The summed E-state index contributed by atoms with van der Waals surface area (Å²) in [6.07, 6.45) is 8.10. The summed E-state index contributed by atoms with van der Waals surface area (Å²) in [5, 5.41) is 0. The Morgan fingerprint density at radius 1 is 1.58 bits per heavy atom. The topological polar surface area (TPSA) is 26.3 Å². The Balaban J connectivity index is 1.96. The van der Waals surface area contributed by atoms with Crippen molar-refractivity contribution in [1.82, 2.24) is 0 Å². The molecule has 1 aliphatic rings. The zero-order valence-electron chi connectivity index (χ0n) is 7.58. The number of rotatable bonds is 5. The first-order valence-electron chi connectivity index (χ1n) is 4.65. The lowest BCUT2D eigenvalue weighted by molar-refractivity contribution is -0.142. The molecule has 0 bridgehead atoms. The first-order chi connectivity index (χ1) is 5.83. The van der Waals surface area contributed by atoms with Gasteiger partial charge in [-0.2, -0.15) is 0 Å². The van der Waals surface area contributed by atoms with Crippen molar-refractivity contribution in [2.24, 2.45) is 5.92 Å². The van der Waals surface area contributed by atoms with Crippen molar-refractivity contribution in [3.8, 4) is 0 Å². The lowest BCUT2D eigenvalue weighted by atomic mass is 10.3. The molecule has 1 saturated carbocycles. The Bertz CT molecular complexity index is 169. The Hall–Kier alpha value is -0.790. The van der Waals surface area contributed by atoms with Gasteiger partial charge < -0.3 is 4.74 Å². The van der Waals surface area contributed by atoms with Gasteiger partial charge in [0.25, 0.3) is 0 Å². The first-order valence-corrected chi connectivity index (χ1v) is 4.65. The number of ether oxygens (including phenoxy) is 1. The first kappa shape index (κ1) is 9.30. The van der Waals surface area contributed by atoms with Gasteiger partial charge in [-0.1, -0.05) is 19.1 Å². The van der Waals surface area contributed by atoms with Gasteiger partial charge in [0, 0.05) is 6.42 Å². The highest BCUT2D eigenvalue weighted by molar-refractivity contribution is 5.69. The lowest BCUT2D eigenvalue weighted by Crippen LogP contribution is -2.03. The quantitative estimate of drug-likeness (QED) is 0.465. The molecule has 0 radical (unpaired) electrons. The molecule has 0 aromatic heterocycles. The molecule has 0 heterocycles. The number of esters is 1. The zero-order valence-corrected chi connectivity index (χ0v) is 7.58. The van der Waals surface area contributed by atoms with Crippen LogP contribution < -0.4 is 0 Å². The van der Waals surface area contributed by atoms with Gasteiger partial charge in [0.05, 0.1) is 0 Å². The average Bonchev–Trinajstić information content (AvgIpc) is 2.82. The molecule has 2 heteroatoms. The van der Waals surface area contributed by atoms with Gasteiger partial charge in [-0.05, 0) is 25.2 Å². The van der Waals surface area contributed by atoms with Crippen molar-refractivity contribution in [2.45, 2.75) is 32.6 Å². The molecule has 0 aliphatic heterocycles. The van der Waals surface area contributed by atoms with E-state index in [0.29, 0.717) is 13.0 Å². The summed E-state index contributed by atoms with van der Waals surface area (Å²) in [6, 6.07) is 0. The Labute approximate surface area is 73.6 Å². The molecular weight excluding hydrogens is 152 g/mol. The number of carbonyl (C=O) groups is 1. The molecule has 1 aliphatic carbocycles. The largest absolute Gasteiger partial charge is 0.461 e. The van der Waals surface area contributed by atoms with Crippen LogP contribution in [0, 0.1) is 5.92 Å². The summed E-state index contributed by atoms with van der Waals surface area (Å²) >= 11 is 0. The third-order valence-electron chi connectivity index (χ3n) is 1.82. The van der Waals surface area contributed by atoms with E-state index in [0.717, 1.165) is 12.3 Å². The Kier molecular flexibility index (Phi) is 3.85. The second kappa shape index (κ2) is 4.96. The van der Waals surface area contributed by atoms with E-state index in [9.17, 15) is 4.79 Å². The van der Waals surface area contributed by atoms with Crippen molar-refractivity contribution in [3.05, 3.63) is 12.2 Å². The van der Waals surface area contributed by atoms with Gasteiger partial charge in [0.2, 0.25) is 0 Å². The second-order valence-electron chi connectivity index (χ2n) is 3.20. The minimum Gasteiger partial charge on any atom is -0.461 e. The summed E-state index contributed by atoms with van der Waals surface area (Å²) in [7, 11) is 0. The average molecular weight is 168 g/mol. The Morgan fingerprint density at radius 3 is 2.92 bits per heavy atom. The summed E-state index contributed by atoms with van der Waals surface area (Å²) in [4.78, 5) is 10.8. The molecule has 2 nitrogen and oxygen atoms in total. The highest BCUT2D eigenvalue weighted by Gasteiger charge is 2.16. The van der Waals surface area contributed by atoms with Gasteiger partial charge in [-0.15, -0.1) is 0 Å². The number of hydrogen-bond acceptors (Lipinski definition) is 2. The standard InChI is InChI=1S/C10H16O2/c1-2-4-10(11)12-8-3-5-9-6-7-9/h3,5,9H,2,4,6-8H2,1H3. The van der Waals surface area contributed by atoms with E-state index in [1.165, 1.54) is 12.8 Å². The molecule has 0 N–H and O–H groups in total. The SMILES string of the molecule is CCCC(=O)OCC=CC1CC1. The van der Waals surface area contributed by atoms with E-state index in [1.807, 2.05) is 13.0 Å². The van der Waals surface area contributed by atoms with Crippen LogP contribution in [0.25, 0.3) is 0 Å². The molecule has 68 valence electrons. The van der Waals surface area contributed by atoms with E-state index in [1.54, 1.807) is 0 Å². The van der Waals surface area contributed by atoms with Crippen LogP contribution in [-0.2, 0) is 9.53 Å². The number of carbonyl (C=O) groups excluding carboxylic acids is 1. The maximum Gasteiger partial charge on any atom is 0.306 e. The second-order valence-corrected chi connectivity index (χ2v) is 3.20. The summed E-state index contributed by atoms with van der Waals surface area (Å²) in [5.41, 5.74) is 0. The predicted molar refractivity (Wildman–Crippen MR) is 47.7 cm³/mol. The normalized spacial score (nSPS) is 16.8. The van der Waals surface area contributed by atoms with E-state index < -0.39 is 0 Å². The highest BCUT2D eigenvalue weighted by Crippen LogP contribution is 2.29. The molecule has 1 fully saturated rings. The van der Waals surface area contributed by atoms with Crippen LogP contribution in [0.2, 0.25) is 0 Å². The summed E-state index contributed by atoms with van der Waals surface area (Å²) in [5.74, 6) is 0.688. The summed E-state index contributed by atoms with van der Waals surface area (Å²) < 4.78 is 4.93. The summed E-state index contributed by atoms with van der Waals surface area (Å²) in [6.45, 7) is 2.43. The molecule has 0 aromatic carbocycles. The minimum atomic E-state index is -0.0852. The van der Waals surface area contributed by atoms with Crippen molar-refractivity contribution < 1.29 is 9.53 Å². The smallest absolute Gasteiger partial charge is 0.306 e. The molecule has 0 amide bonds. The lowest BCUT2D eigenvalue weighted by Gasteiger charge is -1.98. The van der Waals surface area contributed by atoms with Gasteiger partial charge in [-0.25, -0.2) is 0 Å². The van der Waals surface area contributed by atoms with E-state index in [4.69, 9.17) is 4.74 Å². The highest BCUT2D eigenvalue weighted by atomic mass is 16.5. The third-order valence-corrected chi connectivity index (χ3v) is 1.82. The maximum absolute atomic E-state index is 10.8. The molecule has 0 spiro atoms. The van der Waals surface area contributed by atoms with E-state index in [-0.39, 0.29) is 5.97 Å². The minimum absolute atomic E-state index is 0.0852. The van der Waals surface area contributed by atoms with Crippen LogP contribution in [0.4, 0.5) is 0 Å². The fraction of sp³-hybridized carbons (Fsp3) is 0.700. The van der Waals surface area contributed by atoms with Crippen molar-refractivity contribution >= 4 is 5.97 Å². The maximum atomic E-state index is 10.8. The Morgan fingerprint density at radius 2 is 2.33 bits per heavy atom. The van der Waals surface area contributed by atoms with Crippen LogP contribution in [0.3, 0.4) is 0 Å². The van der Waals surface area contributed by atoms with Gasteiger partial charge in [0.15, 0.2) is 0 Å².